The molecule has 52 heavy (non-hydrogen) atoms. The normalized spacial score (nSPS) is 15.5. The topological polar surface area (TPSA) is 4.93 Å². The molecule has 1 aromatic heterocycles. The maximum atomic E-state index is 2.51. The summed E-state index contributed by atoms with van der Waals surface area (Å²) in [5.74, 6) is 0. The Morgan fingerprint density at radius 1 is 0.404 bits per heavy atom. The molecular formula is C49H32NPS. The molecule has 2 aliphatic rings. The van der Waals surface area contributed by atoms with Gasteiger partial charge < -0.3 is 4.57 Å². The van der Waals surface area contributed by atoms with Crippen LogP contribution >= 0.6 is 19.7 Å². The summed E-state index contributed by atoms with van der Waals surface area (Å²) in [7, 11) is -0.653. The van der Waals surface area contributed by atoms with Crippen LogP contribution in [0, 0.1) is 0 Å². The predicted octanol–water partition coefficient (Wildman–Crippen LogP) is 11.4. The first kappa shape index (κ1) is 30.0. The first-order valence-electron chi connectivity index (χ1n) is 17.9. The van der Waals surface area contributed by atoms with Crippen LogP contribution < -0.4 is 15.9 Å². The smallest absolute Gasteiger partial charge is 0.0764 e. The Labute approximate surface area is 309 Å². The second-order valence-electron chi connectivity index (χ2n) is 13.7. The maximum Gasteiger partial charge on any atom is 0.0764 e. The fourth-order valence-electron chi connectivity index (χ4n) is 8.91. The highest BCUT2D eigenvalue weighted by Gasteiger charge is 2.49. The number of para-hydroxylation sites is 3. The first-order chi connectivity index (χ1) is 25.8. The van der Waals surface area contributed by atoms with E-state index in [1.54, 1.807) is 0 Å². The molecule has 1 unspecified atom stereocenters. The lowest BCUT2D eigenvalue weighted by Crippen LogP contribution is -2.37. The van der Waals surface area contributed by atoms with E-state index in [2.05, 4.69) is 199 Å². The van der Waals surface area contributed by atoms with Gasteiger partial charge in [0.25, 0.3) is 0 Å². The molecule has 0 saturated carbocycles. The summed E-state index contributed by atoms with van der Waals surface area (Å²) in [4.78, 5) is 2.63. The standard InChI is InChI=1S/C49H32NPS/c1-3-14-35(15-4-1)51(36-16-5-2-6-17-36)37-29-26-33(27-30-37)34-28-31-42-47(32-34)52-46-25-12-9-21-41(46)49(42)40-20-8-11-24-45(40)50-44-23-10-7-18-38(44)39-19-13-22-43(49)48(39)50/h1-32H. The van der Waals surface area contributed by atoms with Gasteiger partial charge in [0, 0.05) is 20.6 Å². The third kappa shape index (κ3) is 4.23. The summed E-state index contributed by atoms with van der Waals surface area (Å²) in [6.45, 7) is 0. The lowest BCUT2D eigenvalue weighted by molar-refractivity contribution is 0.690. The molecule has 1 atom stereocenters. The summed E-state index contributed by atoms with van der Waals surface area (Å²) in [5.41, 5.74) is 11.2. The van der Waals surface area contributed by atoms with Gasteiger partial charge >= 0.3 is 0 Å². The van der Waals surface area contributed by atoms with Gasteiger partial charge in [0.1, 0.15) is 0 Å². The van der Waals surface area contributed by atoms with Crippen molar-refractivity contribution in [2.45, 2.75) is 15.2 Å². The van der Waals surface area contributed by atoms with Crippen molar-refractivity contribution in [1.29, 1.82) is 0 Å². The zero-order valence-corrected chi connectivity index (χ0v) is 30.0. The van der Waals surface area contributed by atoms with Crippen molar-refractivity contribution < 1.29 is 0 Å². The zero-order chi connectivity index (χ0) is 34.2. The van der Waals surface area contributed by atoms with Gasteiger partial charge in [0.15, 0.2) is 0 Å². The second kappa shape index (κ2) is 11.7. The number of hydrogen-bond donors (Lipinski definition) is 0. The summed E-state index contributed by atoms with van der Waals surface area (Å²) < 4.78 is 2.51. The summed E-state index contributed by atoms with van der Waals surface area (Å²) in [5, 5.41) is 6.70. The molecule has 0 amide bonds. The largest absolute Gasteiger partial charge is 0.309 e. The van der Waals surface area contributed by atoms with Gasteiger partial charge in [0.05, 0.1) is 22.1 Å². The predicted molar refractivity (Wildman–Crippen MR) is 221 cm³/mol. The third-order valence-corrected chi connectivity index (χ3v) is 14.6. The summed E-state index contributed by atoms with van der Waals surface area (Å²) >= 11 is 1.91. The average molecular weight is 698 g/mol. The molecule has 0 fully saturated rings. The van der Waals surface area contributed by atoms with Crippen molar-refractivity contribution in [2.24, 2.45) is 0 Å². The minimum Gasteiger partial charge on any atom is -0.309 e. The molecule has 8 aromatic carbocycles. The van der Waals surface area contributed by atoms with Crippen LogP contribution in [0.25, 0.3) is 38.6 Å². The van der Waals surface area contributed by atoms with E-state index in [0.29, 0.717) is 0 Å². The fourth-order valence-corrected chi connectivity index (χ4v) is 12.4. The van der Waals surface area contributed by atoms with E-state index in [0.717, 1.165) is 0 Å². The molecule has 11 rings (SSSR count). The molecule has 2 aliphatic heterocycles. The number of rotatable bonds is 4. The van der Waals surface area contributed by atoms with Gasteiger partial charge in [-0.3, -0.25) is 0 Å². The van der Waals surface area contributed by atoms with Crippen molar-refractivity contribution in [1.82, 2.24) is 4.57 Å². The van der Waals surface area contributed by atoms with E-state index in [-0.39, 0.29) is 0 Å². The molecule has 244 valence electrons. The SMILES string of the molecule is c1ccc(P(c2ccccc2)c2ccc(-c3ccc4c(c3)Sc3ccccc3C43c4ccccc4-n4c5ccccc5c5cccc3c54)cc2)cc1. The van der Waals surface area contributed by atoms with Crippen LogP contribution in [0.1, 0.15) is 22.3 Å². The van der Waals surface area contributed by atoms with Gasteiger partial charge in [-0.2, -0.15) is 0 Å². The molecule has 3 heteroatoms. The third-order valence-electron chi connectivity index (χ3n) is 11.0. The van der Waals surface area contributed by atoms with Gasteiger partial charge in [-0.05, 0) is 81.5 Å². The average Bonchev–Trinajstić information content (AvgIpc) is 3.56. The molecule has 0 N–H and O–H groups in total. The van der Waals surface area contributed by atoms with Crippen molar-refractivity contribution in [3.8, 4) is 16.8 Å². The Hall–Kier alpha value is -5.66. The lowest BCUT2D eigenvalue weighted by Gasteiger charge is -2.45. The van der Waals surface area contributed by atoms with Gasteiger partial charge in [-0.15, -0.1) is 0 Å². The molecular weight excluding hydrogens is 666 g/mol. The van der Waals surface area contributed by atoms with E-state index < -0.39 is 13.3 Å². The van der Waals surface area contributed by atoms with Gasteiger partial charge in [-0.1, -0.05) is 182 Å². The minimum absolute atomic E-state index is 0.457. The monoisotopic (exact) mass is 697 g/mol. The van der Waals surface area contributed by atoms with Crippen LogP contribution in [0.5, 0.6) is 0 Å². The number of aromatic nitrogens is 1. The van der Waals surface area contributed by atoms with Crippen molar-refractivity contribution in [3.63, 3.8) is 0 Å². The first-order valence-corrected chi connectivity index (χ1v) is 20.0. The van der Waals surface area contributed by atoms with E-state index in [1.807, 2.05) is 11.8 Å². The van der Waals surface area contributed by atoms with Crippen LogP contribution in [0.3, 0.4) is 0 Å². The number of nitrogens with zero attached hydrogens (tertiary/aromatic N) is 1. The highest BCUT2D eigenvalue weighted by atomic mass is 32.2. The Balaban J connectivity index is 1.11. The Morgan fingerprint density at radius 3 is 1.77 bits per heavy atom. The Kier molecular flexibility index (Phi) is 6.74. The molecule has 0 bridgehead atoms. The van der Waals surface area contributed by atoms with Crippen LogP contribution in [-0.2, 0) is 5.41 Å². The number of benzene rings is 8. The van der Waals surface area contributed by atoms with E-state index >= 15 is 0 Å². The molecule has 1 nitrogen and oxygen atoms in total. The van der Waals surface area contributed by atoms with E-state index in [9.17, 15) is 0 Å². The van der Waals surface area contributed by atoms with Crippen LogP contribution in [0.2, 0.25) is 0 Å². The van der Waals surface area contributed by atoms with Crippen LogP contribution in [0.4, 0.5) is 0 Å². The van der Waals surface area contributed by atoms with Crippen molar-refractivity contribution >= 4 is 57.4 Å². The number of hydrogen-bond acceptors (Lipinski definition) is 1. The quantitative estimate of drug-likeness (QED) is 0.166. The van der Waals surface area contributed by atoms with Gasteiger partial charge in [-0.25, -0.2) is 0 Å². The lowest BCUT2D eigenvalue weighted by atomic mass is 9.62. The summed E-state index contributed by atoms with van der Waals surface area (Å²) in [6.07, 6.45) is 0. The van der Waals surface area contributed by atoms with Crippen LogP contribution in [-0.4, -0.2) is 4.57 Å². The highest BCUT2D eigenvalue weighted by molar-refractivity contribution is 7.99. The number of fused-ring (bicyclic) bond motifs is 11. The Morgan fingerprint density at radius 2 is 0.981 bits per heavy atom. The Bertz CT molecular complexity index is 2780. The molecule has 0 aliphatic carbocycles. The van der Waals surface area contributed by atoms with Crippen molar-refractivity contribution in [3.05, 3.63) is 216 Å². The zero-order valence-electron chi connectivity index (χ0n) is 28.3. The molecule has 9 aromatic rings. The summed E-state index contributed by atoms with van der Waals surface area (Å²) in [6, 6.07) is 72.5. The van der Waals surface area contributed by atoms with Crippen LogP contribution in [0.15, 0.2) is 204 Å². The molecule has 0 radical (unpaired) electrons. The second-order valence-corrected chi connectivity index (χ2v) is 17.0. The maximum absolute atomic E-state index is 2.51. The minimum atomic E-state index is -0.653. The molecule has 1 spiro atoms. The molecule has 3 heterocycles. The van der Waals surface area contributed by atoms with Crippen molar-refractivity contribution in [2.75, 3.05) is 0 Å². The van der Waals surface area contributed by atoms with Gasteiger partial charge in [0.2, 0.25) is 0 Å². The van der Waals surface area contributed by atoms with E-state index in [1.165, 1.54) is 86.6 Å². The molecule has 0 saturated heterocycles. The fraction of sp³-hybridized carbons (Fsp3) is 0.0204. The van der Waals surface area contributed by atoms with E-state index in [4.69, 9.17) is 0 Å². The highest BCUT2D eigenvalue weighted by Crippen LogP contribution is 2.60.